The quantitative estimate of drug-likeness (QED) is 0.693. The molecule has 0 radical (unpaired) electrons. The smallest absolute Gasteiger partial charge is 0.119 e. The Kier molecular flexibility index (Phi) is 6.62. The molecule has 2 N–H and O–H groups in total. The monoisotopic (exact) mass is 239 g/mol. The lowest BCUT2D eigenvalue weighted by Gasteiger charge is -2.12. The van der Waals surface area contributed by atoms with E-state index in [0.717, 1.165) is 17.7 Å². The minimum atomic E-state index is -0.000961. The van der Waals surface area contributed by atoms with Crippen molar-refractivity contribution >= 4 is 0 Å². The van der Waals surface area contributed by atoms with Crippen LogP contribution in [0.4, 0.5) is 0 Å². The molecule has 0 amide bonds. The van der Waals surface area contributed by atoms with E-state index in [0.29, 0.717) is 19.8 Å². The summed E-state index contributed by atoms with van der Waals surface area (Å²) in [6, 6.07) is 7.92. The molecule has 0 aliphatic rings. The van der Waals surface area contributed by atoms with Gasteiger partial charge in [0.1, 0.15) is 5.75 Å². The third-order valence-electron chi connectivity index (χ3n) is 2.40. The molecule has 0 aromatic heterocycles. The first-order valence-electron chi connectivity index (χ1n) is 5.71. The summed E-state index contributed by atoms with van der Waals surface area (Å²) >= 11 is 0. The van der Waals surface area contributed by atoms with Gasteiger partial charge in [0.15, 0.2) is 0 Å². The maximum atomic E-state index is 5.97. The zero-order valence-corrected chi connectivity index (χ0v) is 10.5. The lowest BCUT2D eigenvalue weighted by Crippen LogP contribution is -2.29. The highest BCUT2D eigenvalue weighted by Crippen LogP contribution is 2.13. The van der Waals surface area contributed by atoms with Crippen molar-refractivity contribution < 1.29 is 14.2 Å². The number of hydrogen-bond donors (Lipinski definition) is 1. The van der Waals surface area contributed by atoms with Crippen LogP contribution in [0.15, 0.2) is 24.3 Å². The van der Waals surface area contributed by atoms with Crippen LogP contribution in [-0.4, -0.2) is 40.1 Å². The minimum Gasteiger partial charge on any atom is -0.497 e. The summed E-state index contributed by atoms with van der Waals surface area (Å²) in [5.74, 6) is 0.856. The fourth-order valence-electron chi connectivity index (χ4n) is 1.54. The number of methoxy groups -OCH3 is 2. The van der Waals surface area contributed by atoms with Crippen LogP contribution in [0.2, 0.25) is 0 Å². The maximum absolute atomic E-state index is 5.97. The third-order valence-corrected chi connectivity index (χ3v) is 2.40. The fraction of sp³-hybridized carbons (Fsp3) is 0.538. The van der Waals surface area contributed by atoms with Crippen LogP contribution in [0.1, 0.15) is 5.56 Å². The molecule has 0 aliphatic heterocycles. The fourth-order valence-corrected chi connectivity index (χ4v) is 1.54. The summed E-state index contributed by atoms with van der Waals surface area (Å²) < 4.78 is 15.4. The van der Waals surface area contributed by atoms with E-state index < -0.39 is 0 Å². The normalized spacial score (nSPS) is 12.4. The highest BCUT2D eigenvalue weighted by molar-refractivity contribution is 5.28. The lowest BCUT2D eigenvalue weighted by atomic mass is 10.1. The first-order valence-corrected chi connectivity index (χ1v) is 5.71. The summed E-state index contributed by atoms with van der Waals surface area (Å²) in [6.45, 7) is 1.73. The Morgan fingerprint density at radius 3 is 2.76 bits per heavy atom. The molecule has 4 nitrogen and oxygen atoms in total. The maximum Gasteiger partial charge on any atom is 0.119 e. The van der Waals surface area contributed by atoms with E-state index in [-0.39, 0.29) is 6.04 Å². The van der Waals surface area contributed by atoms with E-state index in [2.05, 4.69) is 0 Å². The van der Waals surface area contributed by atoms with Gasteiger partial charge in [-0.15, -0.1) is 0 Å². The van der Waals surface area contributed by atoms with E-state index in [1.54, 1.807) is 14.2 Å². The predicted molar refractivity (Wildman–Crippen MR) is 67.4 cm³/mol. The van der Waals surface area contributed by atoms with Crippen molar-refractivity contribution in [3.63, 3.8) is 0 Å². The number of hydrogen-bond acceptors (Lipinski definition) is 4. The standard InChI is InChI=1S/C13H21NO3/c1-15-6-7-17-10-12(14)8-11-4-3-5-13(9-11)16-2/h3-5,9,12H,6-8,10,14H2,1-2H3. The molecular formula is C13H21NO3. The van der Waals surface area contributed by atoms with E-state index in [1.807, 2.05) is 24.3 Å². The highest BCUT2D eigenvalue weighted by Gasteiger charge is 2.05. The Morgan fingerprint density at radius 1 is 1.24 bits per heavy atom. The Bertz CT molecular complexity index is 317. The molecule has 17 heavy (non-hydrogen) atoms. The van der Waals surface area contributed by atoms with Crippen molar-refractivity contribution in [1.29, 1.82) is 0 Å². The number of rotatable bonds is 8. The first kappa shape index (κ1) is 14.0. The summed E-state index contributed by atoms with van der Waals surface area (Å²) in [6.07, 6.45) is 0.782. The van der Waals surface area contributed by atoms with Gasteiger partial charge in [-0.05, 0) is 24.1 Å². The molecule has 4 heteroatoms. The van der Waals surface area contributed by atoms with Gasteiger partial charge < -0.3 is 19.9 Å². The second-order valence-corrected chi connectivity index (χ2v) is 3.88. The van der Waals surface area contributed by atoms with Crippen molar-refractivity contribution in [3.05, 3.63) is 29.8 Å². The molecule has 0 bridgehead atoms. The van der Waals surface area contributed by atoms with E-state index in [9.17, 15) is 0 Å². The van der Waals surface area contributed by atoms with Gasteiger partial charge >= 0.3 is 0 Å². The Labute approximate surface area is 103 Å². The van der Waals surface area contributed by atoms with Gasteiger partial charge in [-0.2, -0.15) is 0 Å². The molecule has 1 aromatic rings. The third kappa shape index (κ3) is 5.68. The van der Waals surface area contributed by atoms with Crippen molar-refractivity contribution in [2.24, 2.45) is 5.73 Å². The molecule has 0 heterocycles. The molecule has 1 unspecified atom stereocenters. The Balaban J connectivity index is 2.31. The molecule has 0 saturated carbocycles. The number of benzene rings is 1. The predicted octanol–water partition coefficient (Wildman–Crippen LogP) is 1.23. The summed E-state index contributed by atoms with van der Waals surface area (Å²) in [7, 11) is 3.31. The van der Waals surface area contributed by atoms with Gasteiger partial charge in [-0.25, -0.2) is 0 Å². The molecule has 0 saturated heterocycles. The molecular weight excluding hydrogens is 218 g/mol. The second-order valence-electron chi connectivity index (χ2n) is 3.88. The van der Waals surface area contributed by atoms with Crippen molar-refractivity contribution in [2.45, 2.75) is 12.5 Å². The lowest BCUT2D eigenvalue weighted by molar-refractivity contribution is 0.0637. The van der Waals surface area contributed by atoms with Gasteiger partial charge in [0.05, 0.1) is 26.9 Å². The van der Waals surface area contributed by atoms with Gasteiger partial charge in [-0.3, -0.25) is 0 Å². The average molecular weight is 239 g/mol. The topological polar surface area (TPSA) is 53.7 Å². The summed E-state index contributed by atoms with van der Waals surface area (Å²) in [4.78, 5) is 0. The highest BCUT2D eigenvalue weighted by atomic mass is 16.5. The van der Waals surface area contributed by atoms with Crippen LogP contribution in [0.25, 0.3) is 0 Å². The van der Waals surface area contributed by atoms with Crippen LogP contribution in [0.3, 0.4) is 0 Å². The van der Waals surface area contributed by atoms with Crippen molar-refractivity contribution in [2.75, 3.05) is 34.0 Å². The zero-order valence-electron chi connectivity index (χ0n) is 10.5. The van der Waals surface area contributed by atoms with Crippen LogP contribution in [-0.2, 0) is 15.9 Å². The van der Waals surface area contributed by atoms with Crippen LogP contribution >= 0.6 is 0 Å². The second kappa shape index (κ2) is 8.06. The molecule has 1 atom stereocenters. The van der Waals surface area contributed by atoms with E-state index in [1.165, 1.54) is 0 Å². The number of nitrogens with two attached hydrogens (primary N) is 1. The van der Waals surface area contributed by atoms with Crippen LogP contribution in [0.5, 0.6) is 5.75 Å². The van der Waals surface area contributed by atoms with E-state index >= 15 is 0 Å². The Hall–Kier alpha value is -1.10. The molecule has 96 valence electrons. The van der Waals surface area contributed by atoms with Gasteiger partial charge in [0.2, 0.25) is 0 Å². The van der Waals surface area contributed by atoms with Crippen LogP contribution < -0.4 is 10.5 Å². The van der Waals surface area contributed by atoms with Gasteiger partial charge in [0.25, 0.3) is 0 Å². The van der Waals surface area contributed by atoms with Crippen molar-refractivity contribution in [3.8, 4) is 5.75 Å². The largest absolute Gasteiger partial charge is 0.497 e. The van der Waals surface area contributed by atoms with Crippen molar-refractivity contribution in [1.82, 2.24) is 0 Å². The SMILES string of the molecule is COCCOCC(N)Cc1cccc(OC)c1. The first-order chi connectivity index (χ1) is 8.26. The molecule has 1 rings (SSSR count). The molecule has 0 fully saturated rings. The van der Waals surface area contributed by atoms with Gasteiger partial charge in [0, 0.05) is 13.2 Å². The molecule has 0 spiro atoms. The van der Waals surface area contributed by atoms with Crippen LogP contribution in [0, 0.1) is 0 Å². The van der Waals surface area contributed by atoms with E-state index in [4.69, 9.17) is 19.9 Å². The average Bonchev–Trinajstić information content (AvgIpc) is 2.35. The Morgan fingerprint density at radius 2 is 2.06 bits per heavy atom. The zero-order chi connectivity index (χ0) is 12.5. The molecule has 1 aromatic carbocycles. The summed E-state index contributed by atoms with van der Waals surface area (Å²) in [5, 5.41) is 0. The number of ether oxygens (including phenoxy) is 3. The minimum absolute atomic E-state index is 0.000961. The summed E-state index contributed by atoms with van der Waals surface area (Å²) in [5.41, 5.74) is 7.13. The van der Waals surface area contributed by atoms with Gasteiger partial charge in [-0.1, -0.05) is 12.1 Å². The molecule has 0 aliphatic carbocycles.